The fourth-order valence-corrected chi connectivity index (χ4v) is 5.17. The maximum absolute atomic E-state index is 13.5. The van der Waals surface area contributed by atoms with Crippen molar-refractivity contribution < 1.29 is 22.5 Å². The molecule has 1 aliphatic heterocycles. The fraction of sp³-hybridized carbons (Fsp3) is 0.586. The molecule has 1 aliphatic rings. The van der Waals surface area contributed by atoms with Crippen molar-refractivity contribution in [1.82, 2.24) is 20.0 Å². The van der Waals surface area contributed by atoms with Crippen molar-refractivity contribution in [3.8, 4) is 11.3 Å². The summed E-state index contributed by atoms with van der Waals surface area (Å²) in [6, 6.07) is 5.06. The predicted molar refractivity (Wildman–Crippen MR) is 145 cm³/mol. The minimum Gasteiger partial charge on any atom is -0.354 e. The molecule has 3 heterocycles. The van der Waals surface area contributed by atoms with Gasteiger partial charge in [-0.25, -0.2) is 4.98 Å². The maximum atomic E-state index is 13.5. The molecule has 0 spiro atoms. The summed E-state index contributed by atoms with van der Waals surface area (Å²) in [5.41, 5.74) is 0.0711. The molecule has 0 unspecified atom stereocenters. The molecular formula is C29H38F3N5O2. The SMILES string of the molecule is CCCC[C@H](CC)C(=O)N1CCCN(c2nc(CC(C)C)nc3onc(-c4cccc(C(F)(F)F)c4)c23)CC1. The van der Waals surface area contributed by atoms with Gasteiger partial charge in [0.05, 0.1) is 5.56 Å². The third-order valence-corrected chi connectivity index (χ3v) is 7.27. The molecule has 1 fully saturated rings. The third-order valence-electron chi connectivity index (χ3n) is 7.27. The summed E-state index contributed by atoms with van der Waals surface area (Å²) in [5.74, 6) is 1.73. The second-order valence-corrected chi connectivity index (χ2v) is 10.8. The first-order valence-electron chi connectivity index (χ1n) is 14.0. The molecule has 1 atom stereocenters. The van der Waals surface area contributed by atoms with Gasteiger partial charge in [-0.1, -0.05) is 57.8 Å². The van der Waals surface area contributed by atoms with Crippen LogP contribution < -0.4 is 4.90 Å². The van der Waals surface area contributed by atoms with E-state index in [1.807, 2.05) is 4.90 Å². The second-order valence-electron chi connectivity index (χ2n) is 10.8. The molecule has 2 aromatic heterocycles. The number of hydrogen-bond donors (Lipinski definition) is 0. The van der Waals surface area contributed by atoms with Crippen LogP contribution in [0, 0.1) is 11.8 Å². The van der Waals surface area contributed by atoms with E-state index in [4.69, 9.17) is 9.51 Å². The lowest BCUT2D eigenvalue weighted by Gasteiger charge is -2.26. The van der Waals surface area contributed by atoms with Gasteiger partial charge < -0.3 is 14.3 Å². The average Bonchev–Trinajstić information content (AvgIpc) is 3.16. The number of nitrogens with zero attached hydrogens (tertiary/aromatic N) is 5. The first kappa shape index (κ1) is 28.8. The molecule has 0 radical (unpaired) electrons. The molecule has 0 aliphatic carbocycles. The van der Waals surface area contributed by atoms with Crippen molar-refractivity contribution in [2.75, 3.05) is 31.1 Å². The van der Waals surface area contributed by atoms with Gasteiger partial charge >= 0.3 is 6.18 Å². The number of hydrogen-bond acceptors (Lipinski definition) is 6. The highest BCUT2D eigenvalue weighted by atomic mass is 19.4. The lowest BCUT2D eigenvalue weighted by Crippen LogP contribution is -2.39. The van der Waals surface area contributed by atoms with Gasteiger partial charge in [0.25, 0.3) is 5.71 Å². The van der Waals surface area contributed by atoms with Crippen LogP contribution in [0.1, 0.15) is 71.2 Å². The number of amides is 1. The summed E-state index contributed by atoms with van der Waals surface area (Å²) in [7, 11) is 0. The molecular weight excluding hydrogens is 507 g/mol. The van der Waals surface area contributed by atoms with Crippen LogP contribution in [0.2, 0.25) is 0 Å². The van der Waals surface area contributed by atoms with Crippen molar-refractivity contribution in [3.05, 3.63) is 35.7 Å². The normalized spacial score (nSPS) is 15.7. The Bertz CT molecular complexity index is 1270. The third kappa shape index (κ3) is 6.70. The number of aromatic nitrogens is 3. The number of unbranched alkanes of at least 4 members (excludes halogenated alkanes) is 1. The largest absolute Gasteiger partial charge is 0.416 e. The number of carbonyl (C=O) groups is 1. The van der Waals surface area contributed by atoms with Crippen molar-refractivity contribution in [2.45, 2.75) is 72.4 Å². The van der Waals surface area contributed by atoms with E-state index >= 15 is 0 Å². The predicted octanol–water partition coefficient (Wildman–Crippen LogP) is 6.76. The molecule has 4 rings (SSSR count). The number of alkyl halides is 3. The molecule has 1 saturated heterocycles. The van der Waals surface area contributed by atoms with E-state index in [9.17, 15) is 18.0 Å². The smallest absolute Gasteiger partial charge is 0.354 e. The number of carbonyl (C=O) groups excluding carboxylic acids is 1. The highest BCUT2D eigenvalue weighted by Crippen LogP contribution is 2.37. The van der Waals surface area contributed by atoms with Crippen LogP contribution in [0.15, 0.2) is 28.8 Å². The van der Waals surface area contributed by atoms with Gasteiger partial charge in [-0.05, 0) is 37.3 Å². The van der Waals surface area contributed by atoms with Crippen LogP contribution in [0.25, 0.3) is 22.4 Å². The Labute approximate surface area is 227 Å². The van der Waals surface area contributed by atoms with Gasteiger partial charge in [0, 0.05) is 44.1 Å². The van der Waals surface area contributed by atoms with Crippen LogP contribution in [-0.2, 0) is 17.4 Å². The minimum atomic E-state index is -4.48. The molecule has 7 nitrogen and oxygen atoms in total. The average molecular weight is 546 g/mol. The van der Waals surface area contributed by atoms with Gasteiger partial charge in [0.1, 0.15) is 22.7 Å². The minimum absolute atomic E-state index is 0.0329. The number of anilines is 1. The number of halogens is 3. The van der Waals surface area contributed by atoms with Gasteiger partial charge in [-0.3, -0.25) is 4.79 Å². The Hall–Kier alpha value is -3.17. The Morgan fingerprint density at radius 2 is 1.90 bits per heavy atom. The topological polar surface area (TPSA) is 75.4 Å². The summed E-state index contributed by atoms with van der Waals surface area (Å²) in [6.07, 6.45) is 0.721. The summed E-state index contributed by atoms with van der Waals surface area (Å²) >= 11 is 0. The number of benzene rings is 1. The van der Waals surface area contributed by atoms with Crippen molar-refractivity contribution in [2.24, 2.45) is 11.8 Å². The van der Waals surface area contributed by atoms with E-state index < -0.39 is 11.7 Å². The van der Waals surface area contributed by atoms with Gasteiger partial charge in [0.15, 0.2) is 0 Å². The molecule has 1 amide bonds. The van der Waals surface area contributed by atoms with E-state index in [0.717, 1.165) is 44.2 Å². The molecule has 0 bridgehead atoms. The molecule has 0 saturated carbocycles. The molecule has 1 aromatic carbocycles. The van der Waals surface area contributed by atoms with Gasteiger partial charge in [0.2, 0.25) is 5.91 Å². The molecule has 10 heteroatoms. The van der Waals surface area contributed by atoms with E-state index in [2.05, 4.69) is 42.7 Å². The van der Waals surface area contributed by atoms with E-state index in [-0.39, 0.29) is 23.2 Å². The first-order chi connectivity index (χ1) is 18.6. The molecule has 212 valence electrons. The highest BCUT2D eigenvalue weighted by Gasteiger charge is 2.32. The van der Waals surface area contributed by atoms with Gasteiger partial charge in [-0.15, -0.1) is 0 Å². The zero-order chi connectivity index (χ0) is 28.2. The summed E-state index contributed by atoms with van der Waals surface area (Å²) in [4.78, 5) is 26.8. The lowest BCUT2D eigenvalue weighted by atomic mass is 9.97. The molecule has 0 N–H and O–H groups in total. The number of rotatable bonds is 9. The lowest BCUT2D eigenvalue weighted by molar-refractivity contribution is -0.137. The summed E-state index contributed by atoms with van der Waals surface area (Å²) in [5, 5.41) is 4.65. The second kappa shape index (κ2) is 12.3. The monoisotopic (exact) mass is 545 g/mol. The zero-order valence-electron chi connectivity index (χ0n) is 23.2. The summed E-state index contributed by atoms with van der Waals surface area (Å²) < 4.78 is 46.0. The number of fused-ring (bicyclic) bond motifs is 1. The van der Waals surface area contributed by atoms with E-state index in [1.54, 1.807) is 6.07 Å². The highest BCUT2D eigenvalue weighted by molar-refractivity contribution is 5.98. The Balaban J connectivity index is 1.70. The van der Waals surface area contributed by atoms with Crippen molar-refractivity contribution in [3.63, 3.8) is 0 Å². The van der Waals surface area contributed by atoms with E-state index in [0.29, 0.717) is 61.1 Å². The van der Waals surface area contributed by atoms with Crippen LogP contribution in [0.5, 0.6) is 0 Å². The Morgan fingerprint density at radius 3 is 2.59 bits per heavy atom. The quantitative estimate of drug-likeness (QED) is 0.296. The van der Waals surface area contributed by atoms with Crippen molar-refractivity contribution >= 4 is 22.8 Å². The van der Waals surface area contributed by atoms with Gasteiger partial charge in [-0.2, -0.15) is 18.2 Å². The van der Waals surface area contributed by atoms with Crippen LogP contribution >= 0.6 is 0 Å². The van der Waals surface area contributed by atoms with E-state index in [1.165, 1.54) is 6.07 Å². The first-order valence-corrected chi connectivity index (χ1v) is 14.0. The van der Waals surface area contributed by atoms with Crippen LogP contribution in [0.3, 0.4) is 0 Å². The molecule has 39 heavy (non-hydrogen) atoms. The Kier molecular flexibility index (Phi) is 9.12. The maximum Gasteiger partial charge on any atom is 0.416 e. The zero-order valence-corrected chi connectivity index (χ0v) is 23.2. The molecule has 3 aromatic rings. The van der Waals surface area contributed by atoms with Crippen LogP contribution in [0.4, 0.5) is 19.0 Å². The van der Waals surface area contributed by atoms with Crippen molar-refractivity contribution in [1.29, 1.82) is 0 Å². The summed E-state index contributed by atoms with van der Waals surface area (Å²) in [6.45, 7) is 10.8. The Morgan fingerprint density at radius 1 is 1.10 bits per heavy atom. The van der Waals surface area contributed by atoms with Crippen LogP contribution in [-0.4, -0.2) is 52.1 Å². The fourth-order valence-electron chi connectivity index (χ4n) is 5.17. The standard InChI is InChI=1S/C29H38F3N5O2/c1-5-7-10-20(6-2)28(38)37-14-9-13-36(15-16-37)26-24-25(21-11-8-12-22(18-21)29(30,31)32)35-39-27(24)34-23(33-26)17-19(3)4/h8,11-12,18-20H,5-7,9-10,13-17H2,1-4H3/t20-/m0/s1.